The summed E-state index contributed by atoms with van der Waals surface area (Å²) < 4.78 is 0. The molecule has 0 saturated carbocycles. The predicted octanol–water partition coefficient (Wildman–Crippen LogP) is 2.02. The first-order valence-corrected chi connectivity index (χ1v) is 3.93. The van der Waals surface area contributed by atoms with Gasteiger partial charge in [0, 0.05) is 6.08 Å². The summed E-state index contributed by atoms with van der Waals surface area (Å²) in [6, 6.07) is 4.93. The molecule has 4 heteroatoms. The van der Waals surface area contributed by atoms with E-state index in [2.05, 4.69) is 0 Å². The van der Waals surface area contributed by atoms with E-state index in [1.54, 1.807) is 18.2 Å². The normalized spacial score (nSPS) is 10.5. The Morgan fingerprint density at radius 3 is 2.77 bits per heavy atom. The van der Waals surface area contributed by atoms with Gasteiger partial charge in [-0.2, -0.15) is 0 Å². The molecule has 0 bridgehead atoms. The highest BCUT2D eigenvalue weighted by atomic mass is 35.5. The molecule has 0 aromatic heterocycles. The van der Waals surface area contributed by atoms with Gasteiger partial charge in [-0.3, -0.25) is 0 Å². The minimum Gasteiger partial charge on any atom is -0.478 e. The van der Waals surface area contributed by atoms with Gasteiger partial charge >= 0.3 is 5.97 Å². The van der Waals surface area contributed by atoms with Crippen LogP contribution in [0.1, 0.15) is 5.56 Å². The first-order chi connectivity index (χ1) is 6.09. The first kappa shape index (κ1) is 9.61. The molecular weight excluding hydrogens is 190 g/mol. The molecule has 0 aliphatic rings. The van der Waals surface area contributed by atoms with Gasteiger partial charge in [0.1, 0.15) is 0 Å². The van der Waals surface area contributed by atoms with Crippen molar-refractivity contribution in [3.63, 3.8) is 0 Å². The molecular formula is C9H8ClNO2. The molecule has 0 fully saturated rings. The van der Waals surface area contributed by atoms with Crippen LogP contribution in [0.2, 0.25) is 5.02 Å². The van der Waals surface area contributed by atoms with Gasteiger partial charge in [-0.15, -0.1) is 0 Å². The van der Waals surface area contributed by atoms with Crippen molar-refractivity contribution >= 4 is 29.3 Å². The second-order valence-electron chi connectivity index (χ2n) is 2.45. The van der Waals surface area contributed by atoms with Gasteiger partial charge in [0.25, 0.3) is 0 Å². The number of anilines is 1. The maximum Gasteiger partial charge on any atom is 0.328 e. The van der Waals surface area contributed by atoms with Crippen LogP contribution in [-0.2, 0) is 4.79 Å². The van der Waals surface area contributed by atoms with E-state index >= 15 is 0 Å². The molecule has 13 heavy (non-hydrogen) atoms. The summed E-state index contributed by atoms with van der Waals surface area (Å²) >= 11 is 5.72. The second kappa shape index (κ2) is 3.96. The highest BCUT2D eigenvalue weighted by Crippen LogP contribution is 2.20. The zero-order valence-electron chi connectivity index (χ0n) is 6.70. The van der Waals surface area contributed by atoms with E-state index in [1.807, 2.05) is 0 Å². The number of carboxylic acids is 1. The lowest BCUT2D eigenvalue weighted by Crippen LogP contribution is -1.87. The van der Waals surface area contributed by atoms with Gasteiger partial charge in [0.2, 0.25) is 0 Å². The van der Waals surface area contributed by atoms with E-state index in [0.717, 1.165) is 6.08 Å². The summed E-state index contributed by atoms with van der Waals surface area (Å²) in [6.07, 6.45) is 2.50. The van der Waals surface area contributed by atoms with E-state index in [0.29, 0.717) is 16.3 Å². The van der Waals surface area contributed by atoms with Crippen LogP contribution in [0.15, 0.2) is 24.3 Å². The molecule has 0 spiro atoms. The molecule has 0 radical (unpaired) electrons. The number of halogens is 1. The summed E-state index contributed by atoms with van der Waals surface area (Å²) in [4.78, 5) is 10.2. The van der Waals surface area contributed by atoms with Crippen LogP contribution in [0.5, 0.6) is 0 Å². The summed E-state index contributed by atoms with van der Waals surface area (Å²) in [6.45, 7) is 0. The largest absolute Gasteiger partial charge is 0.478 e. The van der Waals surface area contributed by atoms with E-state index in [4.69, 9.17) is 22.4 Å². The van der Waals surface area contributed by atoms with Crippen molar-refractivity contribution in [1.82, 2.24) is 0 Å². The van der Waals surface area contributed by atoms with Crippen LogP contribution >= 0.6 is 11.6 Å². The summed E-state index contributed by atoms with van der Waals surface area (Å²) in [7, 11) is 0. The fourth-order valence-electron chi connectivity index (χ4n) is 0.815. The zero-order chi connectivity index (χ0) is 9.84. The SMILES string of the molecule is Nc1ccc(C=CC(=O)O)cc1Cl. The van der Waals surface area contributed by atoms with Gasteiger partial charge in [-0.25, -0.2) is 4.79 Å². The lowest BCUT2D eigenvalue weighted by Gasteiger charge is -1.97. The molecule has 1 aromatic carbocycles. The number of carboxylic acid groups (broad SMARTS) is 1. The molecule has 0 heterocycles. The van der Waals surface area contributed by atoms with Gasteiger partial charge in [0.05, 0.1) is 10.7 Å². The van der Waals surface area contributed by atoms with Crippen LogP contribution < -0.4 is 5.73 Å². The molecule has 68 valence electrons. The van der Waals surface area contributed by atoms with Crippen molar-refractivity contribution in [2.75, 3.05) is 5.73 Å². The average molecular weight is 198 g/mol. The Balaban J connectivity index is 2.92. The van der Waals surface area contributed by atoms with Crippen molar-refractivity contribution in [3.05, 3.63) is 34.9 Å². The van der Waals surface area contributed by atoms with E-state index in [9.17, 15) is 4.79 Å². The van der Waals surface area contributed by atoms with Gasteiger partial charge in [-0.05, 0) is 23.8 Å². The Hall–Kier alpha value is -1.48. The predicted molar refractivity (Wildman–Crippen MR) is 52.5 cm³/mol. The number of benzene rings is 1. The van der Waals surface area contributed by atoms with Crippen LogP contribution in [-0.4, -0.2) is 11.1 Å². The Kier molecular flexibility index (Phi) is 2.93. The summed E-state index contributed by atoms with van der Waals surface area (Å²) in [5.74, 6) is -0.993. The van der Waals surface area contributed by atoms with Crippen LogP contribution in [0.25, 0.3) is 6.08 Å². The molecule has 3 N–H and O–H groups in total. The number of nitrogen functional groups attached to an aromatic ring is 1. The highest BCUT2D eigenvalue weighted by molar-refractivity contribution is 6.33. The smallest absolute Gasteiger partial charge is 0.328 e. The van der Waals surface area contributed by atoms with Crippen molar-refractivity contribution in [3.8, 4) is 0 Å². The maximum atomic E-state index is 10.2. The molecule has 1 rings (SSSR count). The Morgan fingerprint density at radius 2 is 2.23 bits per heavy atom. The topological polar surface area (TPSA) is 63.3 Å². The fraction of sp³-hybridized carbons (Fsp3) is 0. The van der Waals surface area contributed by atoms with Crippen molar-refractivity contribution in [2.24, 2.45) is 0 Å². The van der Waals surface area contributed by atoms with Crippen molar-refractivity contribution < 1.29 is 9.90 Å². The number of hydrogen-bond acceptors (Lipinski definition) is 2. The molecule has 0 aliphatic heterocycles. The Morgan fingerprint density at radius 1 is 1.54 bits per heavy atom. The van der Waals surface area contributed by atoms with E-state index in [-0.39, 0.29) is 0 Å². The van der Waals surface area contributed by atoms with Crippen LogP contribution in [0.3, 0.4) is 0 Å². The minimum absolute atomic E-state index is 0.424. The molecule has 0 aliphatic carbocycles. The third kappa shape index (κ3) is 2.80. The lowest BCUT2D eigenvalue weighted by molar-refractivity contribution is -0.131. The molecule has 0 unspecified atom stereocenters. The second-order valence-corrected chi connectivity index (χ2v) is 2.86. The van der Waals surface area contributed by atoms with Gasteiger partial charge in [0.15, 0.2) is 0 Å². The number of rotatable bonds is 2. The standard InChI is InChI=1S/C9H8ClNO2/c10-7-5-6(1-3-8(7)11)2-4-9(12)13/h1-5H,11H2,(H,12,13). The lowest BCUT2D eigenvalue weighted by atomic mass is 10.2. The van der Waals surface area contributed by atoms with Crippen molar-refractivity contribution in [2.45, 2.75) is 0 Å². The number of hydrogen-bond donors (Lipinski definition) is 2. The Bertz CT molecular complexity index is 361. The van der Waals surface area contributed by atoms with E-state index in [1.165, 1.54) is 6.08 Å². The quantitative estimate of drug-likeness (QED) is 0.563. The third-order valence-corrected chi connectivity index (χ3v) is 1.77. The van der Waals surface area contributed by atoms with Crippen molar-refractivity contribution in [1.29, 1.82) is 0 Å². The maximum absolute atomic E-state index is 10.2. The molecule has 0 amide bonds. The Labute approximate surface area is 80.4 Å². The zero-order valence-corrected chi connectivity index (χ0v) is 7.45. The number of nitrogens with two attached hydrogens (primary N) is 1. The van der Waals surface area contributed by atoms with Gasteiger partial charge < -0.3 is 10.8 Å². The molecule has 0 atom stereocenters. The fourth-order valence-corrected chi connectivity index (χ4v) is 1.00. The number of aliphatic carboxylic acids is 1. The first-order valence-electron chi connectivity index (χ1n) is 3.55. The molecule has 0 saturated heterocycles. The monoisotopic (exact) mass is 197 g/mol. The van der Waals surface area contributed by atoms with E-state index < -0.39 is 5.97 Å². The summed E-state index contributed by atoms with van der Waals surface area (Å²) in [5.41, 5.74) is 6.66. The third-order valence-electron chi connectivity index (χ3n) is 1.44. The molecule has 3 nitrogen and oxygen atoms in total. The minimum atomic E-state index is -0.993. The van der Waals surface area contributed by atoms with Crippen LogP contribution in [0, 0.1) is 0 Å². The molecule has 1 aromatic rings. The highest BCUT2D eigenvalue weighted by Gasteiger charge is 1.95. The van der Waals surface area contributed by atoms with Gasteiger partial charge in [-0.1, -0.05) is 17.7 Å². The summed E-state index contributed by atoms with van der Waals surface area (Å²) in [5, 5.41) is 8.78. The van der Waals surface area contributed by atoms with Crippen LogP contribution in [0.4, 0.5) is 5.69 Å². The number of carbonyl (C=O) groups is 1. The average Bonchev–Trinajstić information content (AvgIpc) is 2.07.